The van der Waals surface area contributed by atoms with Crippen LogP contribution in [-0.2, 0) is 23.3 Å². The maximum Gasteiger partial charge on any atom is 0.325 e. The van der Waals surface area contributed by atoms with E-state index in [1.807, 2.05) is 84.9 Å². The molecule has 1 saturated heterocycles. The molecule has 0 radical (unpaired) electrons. The number of imide groups is 1. The van der Waals surface area contributed by atoms with Crippen molar-refractivity contribution in [2.75, 3.05) is 0 Å². The molecule has 3 amide bonds. The first-order valence-electron chi connectivity index (χ1n) is 9.74. The minimum absolute atomic E-state index is 0.160. The van der Waals surface area contributed by atoms with Crippen LogP contribution in [0, 0.1) is 0 Å². The molecular formula is C24H19N3O2S. The molecule has 5 rings (SSSR count). The number of benzene rings is 3. The zero-order chi connectivity index (χ0) is 20.6. The number of aromatic nitrogens is 1. The molecule has 1 N–H and O–H groups in total. The summed E-state index contributed by atoms with van der Waals surface area (Å²) in [6.45, 7) is 0.160. The number of amides is 3. The molecule has 6 heteroatoms. The molecule has 1 aliphatic heterocycles. The lowest BCUT2D eigenvalue weighted by molar-refractivity contribution is -0.132. The average molecular weight is 414 g/mol. The highest BCUT2D eigenvalue weighted by Gasteiger charge is 2.52. The van der Waals surface area contributed by atoms with Crippen molar-refractivity contribution in [3.05, 3.63) is 101 Å². The molecular weight excluding hydrogens is 394 g/mol. The molecule has 0 spiro atoms. The number of hydrogen-bond acceptors (Lipinski definition) is 4. The Morgan fingerprint density at radius 1 is 0.867 bits per heavy atom. The first-order chi connectivity index (χ1) is 14.7. The van der Waals surface area contributed by atoms with E-state index in [9.17, 15) is 9.59 Å². The van der Waals surface area contributed by atoms with Crippen LogP contribution in [-0.4, -0.2) is 21.8 Å². The number of nitrogens with one attached hydrogen (secondary N) is 1. The van der Waals surface area contributed by atoms with Gasteiger partial charge in [0.15, 0.2) is 5.54 Å². The third kappa shape index (κ3) is 3.15. The third-order valence-electron chi connectivity index (χ3n) is 5.39. The molecule has 1 atom stereocenters. The van der Waals surface area contributed by atoms with Gasteiger partial charge in [-0.2, -0.15) is 0 Å². The fraction of sp³-hybridized carbons (Fsp3) is 0.125. The quantitative estimate of drug-likeness (QED) is 0.491. The predicted molar refractivity (Wildman–Crippen MR) is 117 cm³/mol. The Hall–Kier alpha value is -3.51. The number of hydrogen-bond donors (Lipinski definition) is 1. The van der Waals surface area contributed by atoms with Crippen molar-refractivity contribution in [1.82, 2.24) is 15.2 Å². The molecule has 2 heterocycles. The van der Waals surface area contributed by atoms with Gasteiger partial charge in [0.05, 0.1) is 16.8 Å². The van der Waals surface area contributed by atoms with Crippen LogP contribution in [0.4, 0.5) is 4.79 Å². The second-order valence-electron chi connectivity index (χ2n) is 7.33. The number of fused-ring (bicyclic) bond motifs is 1. The van der Waals surface area contributed by atoms with Crippen molar-refractivity contribution in [3.8, 4) is 0 Å². The normalized spacial score (nSPS) is 18.7. The van der Waals surface area contributed by atoms with Crippen LogP contribution in [0.5, 0.6) is 0 Å². The van der Waals surface area contributed by atoms with E-state index in [1.54, 1.807) is 0 Å². The Kier molecular flexibility index (Phi) is 4.56. The first kappa shape index (κ1) is 18.5. The summed E-state index contributed by atoms with van der Waals surface area (Å²) in [7, 11) is 0. The predicted octanol–water partition coefficient (Wildman–Crippen LogP) is 4.49. The summed E-state index contributed by atoms with van der Waals surface area (Å²) in [4.78, 5) is 32.5. The Labute approximate surface area is 178 Å². The van der Waals surface area contributed by atoms with Crippen LogP contribution >= 0.6 is 11.3 Å². The van der Waals surface area contributed by atoms with E-state index in [4.69, 9.17) is 0 Å². The van der Waals surface area contributed by atoms with Gasteiger partial charge in [-0.1, -0.05) is 72.8 Å². The van der Waals surface area contributed by atoms with Gasteiger partial charge in [0, 0.05) is 6.42 Å². The maximum atomic E-state index is 13.7. The number of urea groups is 1. The highest BCUT2D eigenvalue weighted by atomic mass is 32.1. The van der Waals surface area contributed by atoms with Crippen LogP contribution < -0.4 is 5.32 Å². The van der Waals surface area contributed by atoms with Crippen LogP contribution in [0.1, 0.15) is 16.1 Å². The SMILES string of the molecule is O=C1N[C@@](Cc2ccccc2)(c2ccccc2)C(=O)N1Cc1nc2ccccc2s1. The van der Waals surface area contributed by atoms with E-state index < -0.39 is 5.54 Å². The van der Waals surface area contributed by atoms with Crippen LogP contribution in [0.2, 0.25) is 0 Å². The van der Waals surface area contributed by atoms with Crippen molar-refractivity contribution in [1.29, 1.82) is 0 Å². The Morgan fingerprint density at radius 2 is 1.53 bits per heavy atom. The van der Waals surface area contributed by atoms with E-state index in [0.29, 0.717) is 6.42 Å². The zero-order valence-corrected chi connectivity index (χ0v) is 16.9. The summed E-state index contributed by atoms with van der Waals surface area (Å²) in [6, 6.07) is 26.6. The van der Waals surface area contributed by atoms with Gasteiger partial charge in [-0.3, -0.25) is 9.69 Å². The second kappa shape index (κ2) is 7.39. The first-order valence-corrected chi connectivity index (χ1v) is 10.6. The van der Waals surface area contributed by atoms with Gasteiger partial charge in [0.2, 0.25) is 0 Å². The number of para-hydroxylation sites is 1. The van der Waals surface area contributed by atoms with Crippen LogP contribution in [0.15, 0.2) is 84.9 Å². The minimum atomic E-state index is -1.13. The van der Waals surface area contributed by atoms with Crippen LogP contribution in [0.25, 0.3) is 10.2 Å². The molecule has 1 fully saturated rings. The van der Waals surface area contributed by atoms with E-state index in [-0.39, 0.29) is 18.5 Å². The smallest absolute Gasteiger partial charge is 0.319 e. The van der Waals surface area contributed by atoms with E-state index in [0.717, 1.165) is 26.4 Å². The highest BCUT2D eigenvalue weighted by molar-refractivity contribution is 7.18. The molecule has 5 nitrogen and oxygen atoms in total. The Balaban J connectivity index is 1.52. The second-order valence-corrected chi connectivity index (χ2v) is 8.45. The van der Waals surface area contributed by atoms with Gasteiger partial charge in [-0.15, -0.1) is 11.3 Å². The molecule has 0 aliphatic carbocycles. The largest absolute Gasteiger partial charge is 0.325 e. The van der Waals surface area contributed by atoms with Gasteiger partial charge in [-0.25, -0.2) is 9.78 Å². The maximum absolute atomic E-state index is 13.7. The van der Waals surface area contributed by atoms with Crippen molar-refractivity contribution < 1.29 is 9.59 Å². The topological polar surface area (TPSA) is 62.3 Å². The molecule has 0 unspecified atom stereocenters. The summed E-state index contributed by atoms with van der Waals surface area (Å²) in [5, 5.41) is 3.74. The van der Waals surface area contributed by atoms with Gasteiger partial charge in [-0.05, 0) is 23.3 Å². The number of rotatable bonds is 5. The molecule has 1 aliphatic rings. The molecule has 3 aromatic carbocycles. The molecule has 30 heavy (non-hydrogen) atoms. The van der Waals surface area contributed by atoms with E-state index >= 15 is 0 Å². The minimum Gasteiger partial charge on any atom is -0.319 e. The monoisotopic (exact) mass is 413 g/mol. The molecule has 4 aromatic rings. The van der Waals surface area contributed by atoms with Gasteiger partial charge in [0.1, 0.15) is 5.01 Å². The average Bonchev–Trinajstić information content (AvgIpc) is 3.29. The van der Waals surface area contributed by atoms with Gasteiger partial charge in [0.25, 0.3) is 5.91 Å². The number of carbonyl (C=O) groups is 2. The summed E-state index contributed by atoms with van der Waals surface area (Å²) in [5.41, 5.74) is 1.51. The number of carbonyl (C=O) groups excluding carboxylic acids is 2. The summed E-state index contributed by atoms with van der Waals surface area (Å²) < 4.78 is 1.04. The van der Waals surface area contributed by atoms with Gasteiger partial charge >= 0.3 is 6.03 Å². The van der Waals surface area contributed by atoms with Crippen LogP contribution in [0.3, 0.4) is 0 Å². The summed E-state index contributed by atoms with van der Waals surface area (Å²) in [6.07, 6.45) is 0.388. The lowest BCUT2D eigenvalue weighted by Crippen LogP contribution is -2.46. The number of thiazole rings is 1. The lowest BCUT2D eigenvalue weighted by Gasteiger charge is -2.27. The lowest BCUT2D eigenvalue weighted by atomic mass is 9.83. The van der Waals surface area contributed by atoms with Crippen molar-refractivity contribution in [2.45, 2.75) is 18.5 Å². The van der Waals surface area contributed by atoms with Crippen molar-refractivity contribution in [2.24, 2.45) is 0 Å². The third-order valence-corrected chi connectivity index (χ3v) is 6.41. The van der Waals surface area contributed by atoms with Crippen molar-refractivity contribution in [3.63, 3.8) is 0 Å². The fourth-order valence-corrected chi connectivity index (χ4v) is 4.89. The Bertz CT molecular complexity index is 1190. The zero-order valence-electron chi connectivity index (χ0n) is 16.1. The standard InChI is InChI=1S/C24H19N3O2S/c28-22-24(18-11-5-2-6-12-18,15-17-9-3-1-4-10-17)26-23(29)27(22)16-21-25-19-13-7-8-14-20(19)30-21/h1-14H,15-16H2,(H,26,29)/t24-/m0/s1. The van der Waals surface area contributed by atoms with E-state index in [2.05, 4.69) is 10.3 Å². The van der Waals surface area contributed by atoms with E-state index in [1.165, 1.54) is 16.2 Å². The summed E-state index contributed by atoms with van der Waals surface area (Å²) in [5.74, 6) is -0.248. The van der Waals surface area contributed by atoms with Gasteiger partial charge < -0.3 is 5.32 Å². The summed E-state index contributed by atoms with van der Waals surface area (Å²) >= 11 is 1.50. The molecule has 1 aromatic heterocycles. The fourth-order valence-electron chi connectivity index (χ4n) is 3.93. The molecule has 0 saturated carbocycles. The highest BCUT2D eigenvalue weighted by Crippen LogP contribution is 2.34. The molecule has 148 valence electrons. The van der Waals surface area contributed by atoms with Crippen molar-refractivity contribution >= 4 is 33.5 Å². The number of nitrogens with zero attached hydrogens (tertiary/aromatic N) is 2. The molecule has 0 bridgehead atoms. The Morgan fingerprint density at radius 3 is 2.27 bits per heavy atom.